The first kappa shape index (κ1) is 23.0. The van der Waals surface area contributed by atoms with Gasteiger partial charge in [0.25, 0.3) is 0 Å². The van der Waals surface area contributed by atoms with Crippen LogP contribution in [0.1, 0.15) is 65.2 Å². The molecule has 1 heterocycles. The Hall–Kier alpha value is -1.72. The molecule has 2 saturated carbocycles. The molecule has 2 aliphatic rings. The van der Waals surface area contributed by atoms with Gasteiger partial charge in [0.2, 0.25) is 0 Å². The summed E-state index contributed by atoms with van der Waals surface area (Å²) in [5.41, 5.74) is -2.52. The largest absolute Gasteiger partial charge is 0.469 e. The Kier molecular flexibility index (Phi) is 6.18. The predicted molar refractivity (Wildman–Crippen MR) is 115 cm³/mol. The van der Waals surface area contributed by atoms with E-state index in [-0.39, 0.29) is 23.5 Å². The number of ketones is 2. The van der Waals surface area contributed by atoms with Crippen molar-refractivity contribution in [2.75, 3.05) is 0 Å². The molecule has 30 heavy (non-hydrogen) atoms. The average Bonchev–Trinajstić information content (AvgIpc) is 3.27. The highest BCUT2D eigenvalue weighted by Crippen LogP contribution is 2.56. The van der Waals surface area contributed by atoms with Crippen LogP contribution in [-0.2, 0) is 16.0 Å². The molecule has 5 nitrogen and oxygen atoms in total. The molecule has 7 atom stereocenters. The van der Waals surface area contributed by atoms with Crippen LogP contribution in [0.4, 0.5) is 0 Å². The Labute approximate surface area is 179 Å². The van der Waals surface area contributed by atoms with Crippen molar-refractivity contribution in [1.82, 2.24) is 0 Å². The third-order valence-electron chi connectivity index (χ3n) is 7.87. The van der Waals surface area contributed by atoms with E-state index in [1.807, 2.05) is 26.8 Å². The minimum absolute atomic E-state index is 0.0909. The summed E-state index contributed by atoms with van der Waals surface area (Å²) in [6.07, 6.45) is 5.61. The van der Waals surface area contributed by atoms with Crippen LogP contribution in [0.25, 0.3) is 0 Å². The van der Waals surface area contributed by atoms with E-state index in [4.69, 9.17) is 4.42 Å². The molecule has 0 aliphatic heterocycles. The molecule has 2 aliphatic carbocycles. The SMILES string of the molecule is CC(C)=CC(=O)[C@@]1(O)[C@@H](C)[C@@H]2CC[C@H](C)[C@@H]2C(=O)[C@]1(O)[C@@H](C)CCc1occc1C. The normalized spacial score (nSPS) is 37.0. The Morgan fingerprint density at radius 1 is 1.30 bits per heavy atom. The Morgan fingerprint density at radius 3 is 2.53 bits per heavy atom. The van der Waals surface area contributed by atoms with Crippen LogP contribution >= 0.6 is 0 Å². The molecular formula is C25H36O5. The summed E-state index contributed by atoms with van der Waals surface area (Å²) in [5, 5.41) is 23.8. The lowest BCUT2D eigenvalue weighted by Gasteiger charge is -2.55. The number of allylic oxidation sites excluding steroid dienone is 1. The number of carbonyl (C=O) groups is 2. The number of fused-ring (bicyclic) bond motifs is 1. The van der Waals surface area contributed by atoms with Crippen LogP contribution in [0.3, 0.4) is 0 Å². The van der Waals surface area contributed by atoms with E-state index < -0.39 is 28.8 Å². The van der Waals surface area contributed by atoms with E-state index in [1.165, 1.54) is 6.08 Å². The molecule has 2 fully saturated rings. The van der Waals surface area contributed by atoms with E-state index in [0.29, 0.717) is 12.8 Å². The number of carbonyl (C=O) groups excluding carboxylic acids is 2. The monoisotopic (exact) mass is 416 g/mol. The lowest BCUT2D eigenvalue weighted by Crippen LogP contribution is -2.75. The van der Waals surface area contributed by atoms with Crippen molar-refractivity contribution < 1.29 is 24.2 Å². The third kappa shape index (κ3) is 3.31. The van der Waals surface area contributed by atoms with Gasteiger partial charge >= 0.3 is 0 Å². The van der Waals surface area contributed by atoms with Gasteiger partial charge in [-0.2, -0.15) is 0 Å². The van der Waals surface area contributed by atoms with Crippen LogP contribution in [0.5, 0.6) is 0 Å². The van der Waals surface area contributed by atoms with E-state index in [0.717, 1.165) is 29.7 Å². The summed E-state index contributed by atoms with van der Waals surface area (Å²) in [6.45, 7) is 11.1. The highest BCUT2D eigenvalue weighted by atomic mass is 16.4. The van der Waals surface area contributed by atoms with Crippen molar-refractivity contribution in [2.45, 2.75) is 78.4 Å². The lowest BCUT2D eigenvalue weighted by atomic mass is 9.52. The zero-order valence-corrected chi connectivity index (χ0v) is 19.1. The number of rotatable bonds is 6. The summed E-state index contributed by atoms with van der Waals surface area (Å²) in [4.78, 5) is 27.1. The Bertz CT molecular complexity index is 847. The minimum atomic E-state index is -2.13. The summed E-state index contributed by atoms with van der Waals surface area (Å²) >= 11 is 0. The molecule has 2 N–H and O–H groups in total. The van der Waals surface area contributed by atoms with E-state index >= 15 is 0 Å². The maximum atomic E-state index is 13.8. The van der Waals surface area contributed by atoms with Gasteiger partial charge in [0.05, 0.1) is 6.26 Å². The zero-order valence-electron chi connectivity index (χ0n) is 19.1. The fraction of sp³-hybridized carbons (Fsp3) is 0.680. The highest BCUT2D eigenvalue weighted by Gasteiger charge is 2.71. The quantitative estimate of drug-likeness (QED) is 0.684. The molecule has 0 amide bonds. The van der Waals surface area contributed by atoms with Gasteiger partial charge in [-0.15, -0.1) is 0 Å². The molecule has 166 valence electrons. The first-order valence-corrected chi connectivity index (χ1v) is 11.2. The Morgan fingerprint density at radius 2 is 1.97 bits per heavy atom. The number of Topliss-reactive ketones (excluding diaryl/α,β-unsaturated/α-hetero) is 1. The van der Waals surface area contributed by atoms with Crippen LogP contribution in [0, 0.1) is 36.5 Å². The van der Waals surface area contributed by atoms with E-state index in [2.05, 4.69) is 0 Å². The molecule has 0 radical (unpaired) electrons. The number of aryl methyl sites for hydroxylation is 2. The van der Waals surface area contributed by atoms with E-state index in [9.17, 15) is 19.8 Å². The molecule has 3 rings (SSSR count). The van der Waals surface area contributed by atoms with E-state index in [1.54, 1.807) is 27.0 Å². The van der Waals surface area contributed by atoms with Crippen molar-refractivity contribution in [3.63, 3.8) is 0 Å². The molecule has 1 aromatic rings. The van der Waals surface area contributed by atoms with Gasteiger partial charge in [-0.3, -0.25) is 9.59 Å². The van der Waals surface area contributed by atoms with Crippen LogP contribution < -0.4 is 0 Å². The molecule has 0 spiro atoms. The topological polar surface area (TPSA) is 87.7 Å². The van der Waals surface area contributed by atoms with Crippen molar-refractivity contribution >= 4 is 11.6 Å². The van der Waals surface area contributed by atoms with Gasteiger partial charge < -0.3 is 14.6 Å². The number of hydrogen-bond donors (Lipinski definition) is 2. The second-order valence-electron chi connectivity index (χ2n) is 9.98. The lowest BCUT2D eigenvalue weighted by molar-refractivity contribution is -0.225. The van der Waals surface area contributed by atoms with Gasteiger partial charge in [0.15, 0.2) is 22.8 Å². The Balaban J connectivity index is 2.04. The molecular weight excluding hydrogens is 380 g/mol. The second kappa shape index (κ2) is 8.08. The average molecular weight is 417 g/mol. The smallest absolute Gasteiger partial charge is 0.190 e. The van der Waals surface area contributed by atoms with Crippen molar-refractivity contribution in [3.05, 3.63) is 35.3 Å². The van der Waals surface area contributed by atoms with Crippen LogP contribution in [0.15, 0.2) is 28.4 Å². The van der Waals surface area contributed by atoms with Crippen molar-refractivity contribution in [3.8, 4) is 0 Å². The number of aliphatic hydroxyl groups is 2. The highest BCUT2D eigenvalue weighted by molar-refractivity contribution is 6.06. The standard InChI is InChI=1S/C25H36O5/c1-14(2)13-21(26)25(29)18(6)19-9-7-16(4)22(19)23(27)24(25,28)17(5)8-10-20-15(3)11-12-30-20/h11-13,16-19,22,28-29H,7-10H2,1-6H3/t16-,17-,18-,19-,22-,24+,25-/m0/s1. The summed E-state index contributed by atoms with van der Waals surface area (Å²) in [7, 11) is 0. The third-order valence-corrected chi connectivity index (χ3v) is 7.87. The number of furan rings is 1. The molecule has 0 unspecified atom stereocenters. The first-order chi connectivity index (χ1) is 14.0. The number of hydrogen-bond acceptors (Lipinski definition) is 5. The molecule has 5 heteroatoms. The van der Waals surface area contributed by atoms with Crippen LogP contribution in [-0.4, -0.2) is 33.0 Å². The summed E-state index contributed by atoms with van der Waals surface area (Å²) in [6, 6.07) is 1.88. The van der Waals surface area contributed by atoms with Gasteiger partial charge in [-0.25, -0.2) is 0 Å². The predicted octanol–water partition coefficient (Wildman–Crippen LogP) is 4.04. The van der Waals surface area contributed by atoms with Crippen molar-refractivity contribution in [1.29, 1.82) is 0 Å². The maximum absolute atomic E-state index is 13.8. The van der Waals surface area contributed by atoms with Gasteiger partial charge in [-0.1, -0.05) is 26.3 Å². The van der Waals surface area contributed by atoms with Gasteiger partial charge in [0.1, 0.15) is 5.76 Å². The van der Waals surface area contributed by atoms with Gasteiger partial charge in [-0.05, 0) is 81.4 Å². The van der Waals surface area contributed by atoms with Crippen molar-refractivity contribution in [2.24, 2.45) is 29.6 Å². The molecule has 0 aromatic carbocycles. The fourth-order valence-electron chi connectivity index (χ4n) is 5.97. The van der Waals surface area contributed by atoms with Gasteiger partial charge in [0, 0.05) is 12.3 Å². The second-order valence-corrected chi connectivity index (χ2v) is 9.98. The molecule has 0 bridgehead atoms. The maximum Gasteiger partial charge on any atom is 0.190 e. The first-order valence-electron chi connectivity index (χ1n) is 11.2. The summed E-state index contributed by atoms with van der Waals surface area (Å²) in [5.74, 6) is -1.52. The summed E-state index contributed by atoms with van der Waals surface area (Å²) < 4.78 is 5.52. The minimum Gasteiger partial charge on any atom is -0.469 e. The molecule has 1 aromatic heterocycles. The van der Waals surface area contributed by atoms with Crippen LogP contribution in [0.2, 0.25) is 0 Å². The fourth-order valence-corrected chi connectivity index (χ4v) is 5.97. The molecule has 0 saturated heterocycles. The zero-order chi connectivity index (χ0) is 22.4.